The quantitative estimate of drug-likeness (QED) is 0.480. The standard InChI is InChI=1S/C12H20O/c1-2-3-5-8-11-9-6-4-7-10-12(11)13/h2-3,11H,4-10H2,1H3/b3-2+. The Morgan fingerprint density at radius 3 is 3.00 bits per heavy atom. The van der Waals surface area contributed by atoms with Crippen LogP contribution in [-0.2, 0) is 4.79 Å². The third kappa shape index (κ3) is 3.75. The van der Waals surface area contributed by atoms with Crippen molar-refractivity contribution in [3.05, 3.63) is 12.2 Å². The van der Waals surface area contributed by atoms with Gasteiger partial charge in [0.15, 0.2) is 0 Å². The summed E-state index contributed by atoms with van der Waals surface area (Å²) in [6.45, 7) is 2.04. The fourth-order valence-corrected chi connectivity index (χ4v) is 2.00. The zero-order valence-electron chi connectivity index (χ0n) is 8.59. The lowest BCUT2D eigenvalue weighted by molar-refractivity contribution is -0.122. The molecule has 0 saturated heterocycles. The van der Waals surface area contributed by atoms with Crippen molar-refractivity contribution in [3.8, 4) is 0 Å². The van der Waals surface area contributed by atoms with Gasteiger partial charge in [0.05, 0.1) is 0 Å². The van der Waals surface area contributed by atoms with Crippen LogP contribution < -0.4 is 0 Å². The van der Waals surface area contributed by atoms with E-state index in [1.54, 1.807) is 0 Å². The molecule has 0 aliphatic heterocycles. The smallest absolute Gasteiger partial charge is 0.135 e. The van der Waals surface area contributed by atoms with E-state index in [-0.39, 0.29) is 0 Å². The molecule has 1 atom stereocenters. The molecule has 0 aromatic rings. The molecule has 0 radical (unpaired) electrons. The van der Waals surface area contributed by atoms with E-state index in [1.165, 1.54) is 12.8 Å². The Labute approximate surface area is 81.2 Å². The monoisotopic (exact) mass is 180 g/mol. The summed E-state index contributed by atoms with van der Waals surface area (Å²) in [6, 6.07) is 0. The van der Waals surface area contributed by atoms with Crippen molar-refractivity contribution in [1.29, 1.82) is 0 Å². The highest BCUT2D eigenvalue weighted by Crippen LogP contribution is 2.23. The summed E-state index contributed by atoms with van der Waals surface area (Å²) in [5, 5.41) is 0. The minimum Gasteiger partial charge on any atom is -0.299 e. The second-order valence-electron chi connectivity index (χ2n) is 3.91. The van der Waals surface area contributed by atoms with Gasteiger partial charge in [0.1, 0.15) is 5.78 Å². The molecule has 0 spiro atoms. The number of Topliss-reactive ketones (excluding diaryl/α,β-unsaturated/α-hetero) is 1. The zero-order valence-corrected chi connectivity index (χ0v) is 8.59. The molecule has 0 heterocycles. The molecule has 1 aliphatic carbocycles. The van der Waals surface area contributed by atoms with Crippen LogP contribution >= 0.6 is 0 Å². The SMILES string of the molecule is C/C=C/CCC1CCCCCC1=O. The van der Waals surface area contributed by atoms with Crippen molar-refractivity contribution in [2.45, 2.75) is 51.9 Å². The predicted molar refractivity (Wildman–Crippen MR) is 55.6 cm³/mol. The largest absolute Gasteiger partial charge is 0.299 e. The van der Waals surface area contributed by atoms with Gasteiger partial charge in [-0.15, -0.1) is 0 Å². The molecule has 1 fully saturated rings. The maximum Gasteiger partial charge on any atom is 0.135 e. The Morgan fingerprint density at radius 1 is 1.38 bits per heavy atom. The molecule has 0 amide bonds. The number of rotatable bonds is 3. The van der Waals surface area contributed by atoms with Crippen LogP contribution in [0.2, 0.25) is 0 Å². The van der Waals surface area contributed by atoms with E-state index in [9.17, 15) is 4.79 Å². The molecule has 1 nitrogen and oxygen atoms in total. The highest BCUT2D eigenvalue weighted by molar-refractivity contribution is 5.81. The van der Waals surface area contributed by atoms with Crippen molar-refractivity contribution in [2.24, 2.45) is 5.92 Å². The Bertz CT molecular complexity index is 182. The van der Waals surface area contributed by atoms with Crippen LogP contribution in [0.4, 0.5) is 0 Å². The van der Waals surface area contributed by atoms with Crippen LogP contribution in [0.3, 0.4) is 0 Å². The minimum atomic E-state index is 0.374. The van der Waals surface area contributed by atoms with Gasteiger partial charge in [0, 0.05) is 12.3 Å². The number of hydrogen-bond acceptors (Lipinski definition) is 1. The Balaban J connectivity index is 2.32. The lowest BCUT2D eigenvalue weighted by atomic mass is 9.94. The molecule has 13 heavy (non-hydrogen) atoms. The van der Waals surface area contributed by atoms with E-state index in [0.29, 0.717) is 11.7 Å². The molecular formula is C12H20O. The van der Waals surface area contributed by atoms with Crippen LogP contribution in [0.25, 0.3) is 0 Å². The fourth-order valence-electron chi connectivity index (χ4n) is 2.00. The fraction of sp³-hybridized carbons (Fsp3) is 0.750. The van der Waals surface area contributed by atoms with E-state index in [2.05, 4.69) is 12.2 Å². The number of carbonyl (C=O) groups excluding carboxylic acids is 1. The van der Waals surface area contributed by atoms with Crippen molar-refractivity contribution in [1.82, 2.24) is 0 Å². The molecule has 0 N–H and O–H groups in total. The van der Waals surface area contributed by atoms with Crippen molar-refractivity contribution < 1.29 is 4.79 Å². The van der Waals surface area contributed by atoms with Gasteiger partial charge in [0.2, 0.25) is 0 Å². The Kier molecular flexibility index (Phi) is 4.81. The van der Waals surface area contributed by atoms with Gasteiger partial charge >= 0.3 is 0 Å². The van der Waals surface area contributed by atoms with Crippen LogP contribution in [0.15, 0.2) is 12.2 Å². The first-order chi connectivity index (χ1) is 6.34. The maximum absolute atomic E-state index is 11.6. The summed E-state index contributed by atoms with van der Waals surface area (Å²) in [6.07, 6.45) is 12.0. The van der Waals surface area contributed by atoms with Crippen molar-refractivity contribution >= 4 is 5.78 Å². The molecule has 0 aromatic carbocycles. The first-order valence-electron chi connectivity index (χ1n) is 5.48. The molecule has 1 unspecified atom stereocenters. The zero-order chi connectivity index (χ0) is 9.52. The Morgan fingerprint density at radius 2 is 2.23 bits per heavy atom. The summed E-state index contributed by atoms with van der Waals surface area (Å²) in [5.74, 6) is 0.890. The van der Waals surface area contributed by atoms with Gasteiger partial charge in [-0.25, -0.2) is 0 Å². The van der Waals surface area contributed by atoms with Gasteiger partial charge in [-0.3, -0.25) is 4.79 Å². The van der Waals surface area contributed by atoms with E-state index < -0.39 is 0 Å². The predicted octanol–water partition coefficient (Wildman–Crippen LogP) is 3.49. The van der Waals surface area contributed by atoms with Crippen LogP contribution in [0.5, 0.6) is 0 Å². The van der Waals surface area contributed by atoms with Crippen molar-refractivity contribution in [2.75, 3.05) is 0 Å². The summed E-state index contributed by atoms with van der Waals surface area (Å²) >= 11 is 0. The minimum absolute atomic E-state index is 0.374. The maximum atomic E-state index is 11.6. The van der Waals surface area contributed by atoms with Gasteiger partial charge in [-0.1, -0.05) is 25.0 Å². The average molecular weight is 180 g/mol. The first kappa shape index (κ1) is 10.5. The number of ketones is 1. The van der Waals surface area contributed by atoms with Gasteiger partial charge in [-0.2, -0.15) is 0 Å². The third-order valence-electron chi connectivity index (χ3n) is 2.85. The van der Waals surface area contributed by atoms with Crippen molar-refractivity contribution in [3.63, 3.8) is 0 Å². The van der Waals surface area contributed by atoms with Crippen LogP contribution in [-0.4, -0.2) is 5.78 Å². The van der Waals surface area contributed by atoms with E-state index in [1.807, 2.05) is 6.92 Å². The molecular weight excluding hydrogens is 160 g/mol. The lowest BCUT2D eigenvalue weighted by Crippen LogP contribution is -2.11. The van der Waals surface area contributed by atoms with Gasteiger partial charge in [0.25, 0.3) is 0 Å². The number of allylic oxidation sites excluding steroid dienone is 2. The van der Waals surface area contributed by atoms with Gasteiger partial charge < -0.3 is 0 Å². The molecule has 1 rings (SSSR count). The third-order valence-corrected chi connectivity index (χ3v) is 2.85. The van der Waals surface area contributed by atoms with E-state index in [4.69, 9.17) is 0 Å². The molecule has 0 bridgehead atoms. The summed E-state index contributed by atoms with van der Waals surface area (Å²) in [7, 11) is 0. The lowest BCUT2D eigenvalue weighted by Gasteiger charge is -2.10. The second-order valence-corrected chi connectivity index (χ2v) is 3.91. The van der Waals surface area contributed by atoms with Crippen LogP contribution in [0.1, 0.15) is 51.9 Å². The normalized spacial score (nSPS) is 25.0. The molecule has 0 aromatic heterocycles. The second kappa shape index (κ2) is 5.95. The topological polar surface area (TPSA) is 17.1 Å². The first-order valence-corrected chi connectivity index (χ1v) is 5.48. The molecule has 1 aliphatic rings. The summed E-state index contributed by atoms with van der Waals surface area (Å²) < 4.78 is 0. The molecule has 1 saturated carbocycles. The Hall–Kier alpha value is -0.590. The summed E-state index contributed by atoms with van der Waals surface area (Å²) in [4.78, 5) is 11.6. The van der Waals surface area contributed by atoms with E-state index >= 15 is 0 Å². The molecule has 74 valence electrons. The van der Waals surface area contributed by atoms with Crippen LogP contribution in [0, 0.1) is 5.92 Å². The summed E-state index contributed by atoms with van der Waals surface area (Å²) in [5.41, 5.74) is 0. The average Bonchev–Trinajstić information content (AvgIpc) is 2.32. The van der Waals surface area contributed by atoms with E-state index in [0.717, 1.165) is 32.1 Å². The highest BCUT2D eigenvalue weighted by Gasteiger charge is 2.19. The van der Waals surface area contributed by atoms with Gasteiger partial charge in [-0.05, 0) is 32.6 Å². The highest BCUT2D eigenvalue weighted by atomic mass is 16.1. The molecule has 1 heteroatoms. The number of carbonyl (C=O) groups is 1. The number of hydrogen-bond donors (Lipinski definition) is 0.